The van der Waals surface area contributed by atoms with Gasteiger partial charge in [0, 0.05) is 44.8 Å². The Morgan fingerprint density at radius 3 is 1.71 bits per heavy atom. The predicted molar refractivity (Wildman–Crippen MR) is 275 cm³/mol. The van der Waals surface area contributed by atoms with Gasteiger partial charge in [0.15, 0.2) is 0 Å². The van der Waals surface area contributed by atoms with E-state index in [0.29, 0.717) is 57.6 Å². The lowest BCUT2D eigenvalue weighted by atomic mass is 9.91. The zero-order valence-electron chi connectivity index (χ0n) is 44.9. The maximum absolute atomic E-state index is 13.6. The molecule has 18 heteroatoms. The number of Topliss-reactive ketones (excluding diaryl/α,β-unsaturated/α-hetero) is 1. The Balaban J connectivity index is 1.40. The van der Waals surface area contributed by atoms with Crippen LogP contribution in [-0.2, 0) is 78.4 Å². The molecular formula is C55H82N6O12. The summed E-state index contributed by atoms with van der Waals surface area (Å²) < 4.78 is 29.0. The van der Waals surface area contributed by atoms with Crippen molar-refractivity contribution in [3.05, 3.63) is 83.7 Å². The molecule has 1 heterocycles. The van der Waals surface area contributed by atoms with Crippen LogP contribution in [0.25, 0.3) is 0 Å². The molecule has 2 aromatic carbocycles. The summed E-state index contributed by atoms with van der Waals surface area (Å²) in [7, 11) is 1.29. The molecule has 0 saturated carbocycles. The second kappa shape index (κ2) is 30.8. The standard InChI is InChI=1S/C55H82N6O12/c1-53(2,3)71-47(63)31-30-45(51(67)73-55(7,8)9)58-52(68)57-44(50(66)72-54(4,5)6)29-21-22-32-61-37-42(59-60-61)38-70-33-23-13-11-12-20-28-43(62)36-41(34-39-24-16-14-17-25-39)48(64)56-46(49(65)69-10)35-40-26-18-15-19-27-40/h14-19,24-27,37,41,44-46H,11-13,20-23,28-36,38H2,1-10H3,(H,56,64)(H2,57,58,68)/t41-,44+,45+,46+/m1/s1. The molecule has 0 unspecified atom stereocenters. The largest absolute Gasteiger partial charge is 0.467 e. The smallest absolute Gasteiger partial charge is 0.329 e. The first-order valence-electron chi connectivity index (χ1n) is 25.6. The Kier molecular flexibility index (Phi) is 25.8. The number of rotatable bonds is 31. The van der Waals surface area contributed by atoms with Crippen molar-refractivity contribution in [2.75, 3.05) is 13.7 Å². The summed E-state index contributed by atoms with van der Waals surface area (Å²) in [5, 5.41) is 16.5. The minimum absolute atomic E-state index is 0.00812. The number of aryl methyl sites for hydroxylation is 1. The second-order valence-corrected chi connectivity index (χ2v) is 21.4. The number of esters is 4. The van der Waals surface area contributed by atoms with E-state index in [1.165, 1.54) is 7.11 Å². The van der Waals surface area contributed by atoms with Gasteiger partial charge in [-0.15, -0.1) is 5.10 Å². The Morgan fingerprint density at radius 2 is 1.14 bits per heavy atom. The third kappa shape index (κ3) is 26.9. The van der Waals surface area contributed by atoms with Crippen molar-refractivity contribution in [2.24, 2.45) is 5.92 Å². The summed E-state index contributed by atoms with van der Waals surface area (Å²) >= 11 is 0. The van der Waals surface area contributed by atoms with Crippen molar-refractivity contribution in [2.45, 2.75) is 200 Å². The molecule has 0 aliphatic rings. The third-order valence-corrected chi connectivity index (χ3v) is 11.0. The van der Waals surface area contributed by atoms with Gasteiger partial charge in [-0.1, -0.05) is 85.1 Å². The van der Waals surface area contributed by atoms with Gasteiger partial charge in [0.05, 0.1) is 19.9 Å². The fourth-order valence-electron chi connectivity index (χ4n) is 7.63. The molecule has 0 radical (unpaired) electrons. The van der Waals surface area contributed by atoms with Crippen LogP contribution in [-0.4, -0.2) is 105 Å². The van der Waals surface area contributed by atoms with E-state index in [1.807, 2.05) is 60.7 Å². The van der Waals surface area contributed by atoms with Gasteiger partial charge in [-0.05, 0) is 118 Å². The highest BCUT2D eigenvalue weighted by atomic mass is 16.6. The Hall–Kier alpha value is -6.17. The van der Waals surface area contributed by atoms with Crippen LogP contribution in [0.5, 0.6) is 0 Å². The number of amides is 3. The molecule has 73 heavy (non-hydrogen) atoms. The first-order valence-corrected chi connectivity index (χ1v) is 25.6. The van der Waals surface area contributed by atoms with Crippen molar-refractivity contribution >= 4 is 41.6 Å². The zero-order chi connectivity index (χ0) is 54.0. The maximum atomic E-state index is 13.6. The van der Waals surface area contributed by atoms with E-state index in [9.17, 15) is 33.6 Å². The molecule has 404 valence electrons. The number of methoxy groups -OCH3 is 1. The number of hydrogen-bond donors (Lipinski definition) is 3. The van der Waals surface area contributed by atoms with E-state index in [4.69, 9.17) is 23.7 Å². The summed E-state index contributed by atoms with van der Waals surface area (Å²) in [5.74, 6) is -3.41. The van der Waals surface area contributed by atoms with Crippen LogP contribution in [0, 0.1) is 5.92 Å². The van der Waals surface area contributed by atoms with Gasteiger partial charge in [0.25, 0.3) is 0 Å². The monoisotopic (exact) mass is 1020 g/mol. The number of unbranched alkanes of at least 4 members (excludes halogenated alkanes) is 5. The zero-order valence-corrected chi connectivity index (χ0v) is 44.9. The highest BCUT2D eigenvalue weighted by molar-refractivity contribution is 5.90. The number of nitrogens with one attached hydrogen (secondary N) is 3. The van der Waals surface area contributed by atoms with E-state index >= 15 is 0 Å². The molecular weight excluding hydrogens is 937 g/mol. The maximum Gasteiger partial charge on any atom is 0.329 e. The van der Waals surface area contributed by atoms with Crippen LogP contribution in [0.1, 0.15) is 156 Å². The number of benzene rings is 2. The highest BCUT2D eigenvalue weighted by Gasteiger charge is 2.32. The van der Waals surface area contributed by atoms with E-state index in [1.54, 1.807) is 73.2 Å². The minimum atomic E-state index is -1.19. The number of carbonyl (C=O) groups is 7. The fraction of sp³-hybridized carbons (Fsp3) is 0.618. The summed E-state index contributed by atoms with van der Waals surface area (Å²) in [6, 6.07) is 15.1. The fourth-order valence-corrected chi connectivity index (χ4v) is 7.63. The van der Waals surface area contributed by atoms with Crippen molar-refractivity contribution in [3.8, 4) is 0 Å². The minimum Gasteiger partial charge on any atom is -0.467 e. The number of aromatic nitrogens is 3. The molecule has 3 aromatic rings. The number of carbonyl (C=O) groups excluding carboxylic acids is 7. The number of ketones is 1. The average molecular weight is 1020 g/mol. The molecule has 0 aliphatic carbocycles. The molecule has 1 aromatic heterocycles. The number of ether oxygens (including phenoxy) is 5. The second-order valence-electron chi connectivity index (χ2n) is 21.4. The van der Waals surface area contributed by atoms with Crippen LogP contribution in [0.3, 0.4) is 0 Å². The Bertz CT molecular complexity index is 2180. The molecule has 3 rings (SSSR count). The quantitative estimate of drug-likeness (QED) is 0.0316. The van der Waals surface area contributed by atoms with Gasteiger partial charge in [0.1, 0.15) is 46.4 Å². The van der Waals surface area contributed by atoms with Crippen LogP contribution in [0.15, 0.2) is 66.9 Å². The van der Waals surface area contributed by atoms with Crippen LogP contribution in [0.4, 0.5) is 4.79 Å². The molecule has 4 atom stereocenters. The van der Waals surface area contributed by atoms with E-state index in [0.717, 1.165) is 36.8 Å². The highest BCUT2D eigenvalue weighted by Crippen LogP contribution is 2.19. The topological polar surface area (TPSA) is 232 Å². The molecule has 0 bridgehead atoms. The first kappa shape index (κ1) is 61.1. The first-order chi connectivity index (χ1) is 34.4. The van der Waals surface area contributed by atoms with Gasteiger partial charge in [-0.25, -0.2) is 19.2 Å². The van der Waals surface area contributed by atoms with Crippen molar-refractivity contribution < 1.29 is 57.2 Å². The summed E-state index contributed by atoms with van der Waals surface area (Å²) in [6.45, 7) is 16.8. The summed E-state index contributed by atoms with van der Waals surface area (Å²) in [6.07, 6.45) is 8.29. The predicted octanol–water partition coefficient (Wildman–Crippen LogP) is 7.87. The lowest BCUT2D eigenvalue weighted by Gasteiger charge is -2.27. The normalized spacial score (nSPS) is 13.4. The summed E-state index contributed by atoms with van der Waals surface area (Å²) in [5.41, 5.74) is 0.0963. The number of urea groups is 1. The molecule has 0 aliphatic heterocycles. The molecule has 3 amide bonds. The van der Waals surface area contributed by atoms with Gasteiger partial charge < -0.3 is 39.6 Å². The molecule has 0 fully saturated rings. The van der Waals surface area contributed by atoms with Crippen LogP contribution >= 0.6 is 0 Å². The van der Waals surface area contributed by atoms with Crippen LogP contribution < -0.4 is 16.0 Å². The lowest BCUT2D eigenvalue weighted by Crippen LogP contribution is -2.53. The lowest BCUT2D eigenvalue weighted by molar-refractivity contribution is -0.159. The SMILES string of the molecule is COC(=O)[C@H](Cc1ccccc1)NC(=O)[C@@H](CC(=O)CCCCCCCOCc1cn(CCCC[C@H](NC(=O)N[C@@H](CCC(=O)OC(C)(C)C)C(=O)OC(C)(C)C)C(=O)OC(C)(C)C)nn1)Cc1ccccc1. The van der Waals surface area contributed by atoms with Crippen LogP contribution in [0.2, 0.25) is 0 Å². The molecule has 18 nitrogen and oxygen atoms in total. The number of hydrogen-bond acceptors (Lipinski definition) is 14. The molecule has 3 N–H and O–H groups in total. The Morgan fingerprint density at radius 1 is 0.589 bits per heavy atom. The summed E-state index contributed by atoms with van der Waals surface area (Å²) in [4.78, 5) is 91.5. The molecule has 0 spiro atoms. The van der Waals surface area contributed by atoms with Crippen molar-refractivity contribution in [3.63, 3.8) is 0 Å². The van der Waals surface area contributed by atoms with Crippen molar-refractivity contribution in [1.82, 2.24) is 30.9 Å². The Labute approximate surface area is 432 Å². The molecule has 0 saturated heterocycles. The number of nitrogens with zero attached hydrogens (tertiary/aromatic N) is 3. The van der Waals surface area contributed by atoms with Gasteiger partial charge >= 0.3 is 29.9 Å². The van der Waals surface area contributed by atoms with E-state index in [-0.39, 0.29) is 43.8 Å². The van der Waals surface area contributed by atoms with Gasteiger partial charge in [0.2, 0.25) is 5.91 Å². The van der Waals surface area contributed by atoms with E-state index < -0.39 is 70.8 Å². The third-order valence-electron chi connectivity index (χ3n) is 11.0. The van der Waals surface area contributed by atoms with Gasteiger partial charge in [-0.3, -0.25) is 19.1 Å². The average Bonchev–Trinajstić information content (AvgIpc) is 3.76. The van der Waals surface area contributed by atoms with Crippen molar-refractivity contribution in [1.29, 1.82) is 0 Å². The van der Waals surface area contributed by atoms with E-state index in [2.05, 4.69) is 26.3 Å². The van der Waals surface area contributed by atoms with Gasteiger partial charge in [-0.2, -0.15) is 0 Å².